The lowest BCUT2D eigenvalue weighted by Gasteiger charge is -2.28. The Hall–Kier alpha value is -1.06. The molecule has 1 unspecified atom stereocenters. The predicted molar refractivity (Wildman–Crippen MR) is 61.2 cm³/mol. The number of esters is 1. The van der Waals surface area contributed by atoms with E-state index < -0.39 is 17.5 Å². The van der Waals surface area contributed by atoms with Gasteiger partial charge < -0.3 is 9.84 Å². The molecule has 16 heavy (non-hydrogen) atoms. The quantitative estimate of drug-likeness (QED) is 0.514. The van der Waals surface area contributed by atoms with Crippen molar-refractivity contribution in [1.29, 1.82) is 0 Å². The van der Waals surface area contributed by atoms with Crippen LogP contribution in [0.3, 0.4) is 0 Å². The molecule has 0 radical (unpaired) electrons. The third kappa shape index (κ3) is 4.64. The van der Waals surface area contributed by atoms with Crippen LogP contribution in [-0.4, -0.2) is 22.6 Å². The lowest BCUT2D eigenvalue weighted by molar-refractivity contribution is -0.179. The van der Waals surface area contributed by atoms with E-state index >= 15 is 0 Å². The molecule has 0 aromatic heterocycles. The number of hydrogen-bond acceptors (Lipinski definition) is 3. The van der Waals surface area contributed by atoms with Gasteiger partial charge in [-0.25, -0.2) is 4.79 Å². The second-order valence-electron chi connectivity index (χ2n) is 4.10. The van der Waals surface area contributed by atoms with Crippen LogP contribution >= 0.6 is 0 Å². The molecule has 4 heteroatoms. The third-order valence-electron chi connectivity index (χ3n) is 2.57. The molecule has 0 saturated heterocycles. The lowest BCUT2D eigenvalue weighted by atomic mass is 9.91. The van der Waals surface area contributed by atoms with Gasteiger partial charge in [0.2, 0.25) is 5.60 Å². The zero-order valence-corrected chi connectivity index (χ0v) is 10.4. The maximum atomic E-state index is 11.3. The van der Waals surface area contributed by atoms with Crippen LogP contribution in [0.25, 0.3) is 0 Å². The number of ether oxygens (including phenoxy) is 1. The van der Waals surface area contributed by atoms with E-state index in [-0.39, 0.29) is 0 Å². The van der Waals surface area contributed by atoms with Gasteiger partial charge in [0, 0.05) is 6.92 Å². The molecule has 0 aliphatic carbocycles. The van der Waals surface area contributed by atoms with Crippen molar-refractivity contribution >= 4 is 11.9 Å². The average Bonchev–Trinajstić information content (AvgIpc) is 2.17. The van der Waals surface area contributed by atoms with Crippen molar-refractivity contribution < 1.29 is 19.4 Å². The van der Waals surface area contributed by atoms with E-state index in [4.69, 9.17) is 4.74 Å². The van der Waals surface area contributed by atoms with Crippen LogP contribution in [0, 0.1) is 0 Å². The normalized spacial score (nSPS) is 14.2. The molecular formula is C12H22O4. The van der Waals surface area contributed by atoms with Crippen LogP contribution in [0.1, 0.15) is 59.3 Å². The van der Waals surface area contributed by atoms with Gasteiger partial charge in [-0.1, -0.05) is 33.1 Å². The van der Waals surface area contributed by atoms with Crippen molar-refractivity contribution in [3.05, 3.63) is 0 Å². The Labute approximate surface area is 97.0 Å². The Bertz CT molecular complexity index is 237. The van der Waals surface area contributed by atoms with Crippen molar-refractivity contribution in [3.63, 3.8) is 0 Å². The molecule has 94 valence electrons. The number of carbonyl (C=O) groups excluding carboxylic acids is 1. The summed E-state index contributed by atoms with van der Waals surface area (Å²) in [5.41, 5.74) is -1.31. The number of rotatable bonds is 8. The summed E-state index contributed by atoms with van der Waals surface area (Å²) in [6.45, 7) is 5.20. The highest BCUT2D eigenvalue weighted by Crippen LogP contribution is 2.26. The number of unbranched alkanes of at least 4 members (excludes halogenated alkanes) is 2. The van der Waals surface area contributed by atoms with Crippen molar-refractivity contribution in [2.45, 2.75) is 64.9 Å². The van der Waals surface area contributed by atoms with E-state index in [0.29, 0.717) is 19.3 Å². The molecule has 1 atom stereocenters. The van der Waals surface area contributed by atoms with E-state index in [1.54, 1.807) is 0 Å². The summed E-state index contributed by atoms with van der Waals surface area (Å²) in [4.78, 5) is 22.2. The SMILES string of the molecule is CCCCCC(CCC)(OC(C)=O)C(=O)O. The Morgan fingerprint density at radius 3 is 2.12 bits per heavy atom. The molecular weight excluding hydrogens is 208 g/mol. The molecule has 0 aliphatic heterocycles. The van der Waals surface area contributed by atoms with Crippen molar-refractivity contribution in [2.24, 2.45) is 0 Å². The summed E-state index contributed by atoms with van der Waals surface area (Å²) in [7, 11) is 0. The minimum Gasteiger partial charge on any atom is -0.478 e. The second kappa shape index (κ2) is 7.25. The summed E-state index contributed by atoms with van der Waals surface area (Å²) in [6.07, 6.45) is 4.22. The summed E-state index contributed by atoms with van der Waals surface area (Å²) in [6, 6.07) is 0. The number of carbonyl (C=O) groups is 2. The second-order valence-corrected chi connectivity index (χ2v) is 4.10. The zero-order chi connectivity index (χ0) is 12.6. The van der Waals surface area contributed by atoms with Crippen LogP contribution in [0.15, 0.2) is 0 Å². The van der Waals surface area contributed by atoms with E-state index in [1.807, 2.05) is 13.8 Å². The Kier molecular flexibility index (Phi) is 6.77. The fourth-order valence-electron chi connectivity index (χ4n) is 1.82. The molecule has 0 saturated carbocycles. The molecule has 0 heterocycles. The molecule has 4 nitrogen and oxygen atoms in total. The number of hydrogen-bond donors (Lipinski definition) is 1. The van der Waals surface area contributed by atoms with Gasteiger partial charge in [0.05, 0.1) is 0 Å². The minimum absolute atomic E-state index is 0.381. The summed E-state index contributed by atoms with van der Waals surface area (Å²) in [5, 5.41) is 9.23. The van der Waals surface area contributed by atoms with Crippen molar-refractivity contribution in [3.8, 4) is 0 Å². The highest BCUT2D eigenvalue weighted by Gasteiger charge is 2.40. The van der Waals surface area contributed by atoms with Crippen molar-refractivity contribution in [2.75, 3.05) is 0 Å². The molecule has 0 aliphatic rings. The van der Waals surface area contributed by atoms with Gasteiger partial charge in [0.15, 0.2) is 0 Å². The van der Waals surface area contributed by atoms with Crippen LogP contribution in [0.2, 0.25) is 0 Å². The summed E-state index contributed by atoms with van der Waals surface area (Å²) < 4.78 is 5.05. The third-order valence-corrected chi connectivity index (χ3v) is 2.57. The highest BCUT2D eigenvalue weighted by molar-refractivity contribution is 5.81. The summed E-state index contributed by atoms with van der Waals surface area (Å²) in [5.74, 6) is -1.55. The number of carboxylic acid groups (broad SMARTS) is 1. The van der Waals surface area contributed by atoms with Gasteiger partial charge in [-0.05, 0) is 19.3 Å². The monoisotopic (exact) mass is 230 g/mol. The van der Waals surface area contributed by atoms with E-state index in [1.165, 1.54) is 6.92 Å². The largest absolute Gasteiger partial charge is 0.478 e. The summed E-state index contributed by atoms with van der Waals surface area (Å²) >= 11 is 0. The van der Waals surface area contributed by atoms with Crippen molar-refractivity contribution in [1.82, 2.24) is 0 Å². The first-order valence-corrected chi connectivity index (χ1v) is 5.91. The molecule has 0 spiro atoms. The standard InChI is InChI=1S/C12H22O4/c1-4-6-7-9-12(8-5-2,11(14)15)16-10(3)13/h4-9H2,1-3H3,(H,14,15). The van der Waals surface area contributed by atoms with E-state index in [0.717, 1.165) is 19.3 Å². The minimum atomic E-state index is -1.31. The van der Waals surface area contributed by atoms with Gasteiger partial charge in [-0.2, -0.15) is 0 Å². The Balaban J connectivity index is 4.64. The fraction of sp³-hybridized carbons (Fsp3) is 0.833. The van der Waals surface area contributed by atoms with E-state index in [9.17, 15) is 14.7 Å². The van der Waals surface area contributed by atoms with Gasteiger partial charge in [-0.15, -0.1) is 0 Å². The van der Waals surface area contributed by atoms with Gasteiger partial charge in [0.25, 0.3) is 0 Å². The lowest BCUT2D eigenvalue weighted by Crippen LogP contribution is -2.43. The Morgan fingerprint density at radius 2 is 1.75 bits per heavy atom. The molecule has 0 rings (SSSR count). The first kappa shape index (κ1) is 14.9. The highest BCUT2D eigenvalue weighted by atomic mass is 16.6. The van der Waals surface area contributed by atoms with Gasteiger partial charge in [0.1, 0.15) is 0 Å². The number of aliphatic carboxylic acids is 1. The smallest absolute Gasteiger partial charge is 0.348 e. The molecule has 0 amide bonds. The topological polar surface area (TPSA) is 63.6 Å². The van der Waals surface area contributed by atoms with Crippen LogP contribution in [0.4, 0.5) is 0 Å². The van der Waals surface area contributed by atoms with E-state index in [2.05, 4.69) is 0 Å². The fourth-order valence-corrected chi connectivity index (χ4v) is 1.82. The van der Waals surface area contributed by atoms with Crippen LogP contribution in [-0.2, 0) is 14.3 Å². The molecule has 1 N–H and O–H groups in total. The molecule has 0 aromatic rings. The first-order chi connectivity index (χ1) is 7.48. The molecule has 0 fully saturated rings. The first-order valence-electron chi connectivity index (χ1n) is 5.91. The van der Waals surface area contributed by atoms with Gasteiger partial charge >= 0.3 is 11.9 Å². The predicted octanol–water partition coefficient (Wildman–Crippen LogP) is 2.75. The Morgan fingerprint density at radius 1 is 1.12 bits per heavy atom. The average molecular weight is 230 g/mol. The maximum absolute atomic E-state index is 11.3. The van der Waals surface area contributed by atoms with Crippen LogP contribution in [0.5, 0.6) is 0 Å². The number of carboxylic acids is 1. The zero-order valence-electron chi connectivity index (χ0n) is 10.4. The van der Waals surface area contributed by atoms with Crippen LogP contribution < -0.4 is 0 Å². The maximum Gasteiger partial charge on any atom is 0.348 e. The van der Waals surface area contributed by atoms with Gasteiger partial charge in [-0.3, -0.25) is 4.79 Å². The molecule has 0 aromatic carbocycles. The molecule has 0 bridgehead atoms.